The Morgan fingerprint density at radius 3 is 2.71 bits per heavy atom. The van der Waals surface area contributed by atoms with E-state index in [1.807, 2.05) is 0 Å². The smallest absolute Gasteiger partial charge is 0.248 e. The second-order valence-corrected chi connectivity index (χ2v) is 4.60. The highest BCUT2D eigenvalue weighted by Gasteiger charge is 2.27. The average Bonchev–Trinajstić information content (AvgIpc) is 2.89. The highest BCUT2D eigenvalue weighted by Crippen LogP contribution is 2.36. The molecule has 1 aromatic heterocycles. The Morgan fingerprint density at radius 1 is 1.19 bits per heavy atom. The molecule has 0 N–H and O–H groups in total. The second kappa shape index (κ2) is 5.32. The quantitative estimate of drug-likeness (QED) is 0.799. The summed E-state index contributed by atoms with van der Waals surface area (Å²) in [7, 11) is 0. The van der Waals surface area contributed by atoms with E-state index in [0.29, 0.717) is 17.1 Å². The van der Waals surface area contributed by atoms with Crippen molar-refractivity contribution < 1.29 is 19.1 Å². The second-order valence-electron chi connectivity index (χ2n) is 4.60. The van der Waals surface area contributed by atoms with Gasteiger partial charge in [-0.1, -0.05) is 0 Å². The van der Waals surface area contributed by atoms with Crippen molar-refractivity contribution in [2.24, 2.45) is 0 Å². The lowest BCUT2D eigenvalue weighted by Crippen LogP contribution is -2.22. The molecule has 0 bridgehead atoms. The minimum atomic E-state index is -0.711. The van der Waals surface area contributed by atoms with Gasteiger partial charge in [-0.25, -0.2) is 4.98 Å². The lowest BCUT2D eigenvalue weighted by molar-refractivity contribution is 0.0389. The first-order valence-electron chi connectivity index (χ1n) is 6.41. The summed E-state index contributed by atoms with van der Waals surface area (Å²) < 4.78 is 11.1. The number of hydrogen-bond donors (Lipinski definition) is 0. The number of Topliss-reactive ketones (excluding diaryl/α,β-unsaturated/α-hetero) is 2. The van der Waals surface area contributed by atoms with E-state index >= 15 is 0 Å². The minimum Gasteiger partial charge on any atom is -0.451 e. The van der Waals surface area contributed by atoms with Crippen molar-refractivity contribution in [3.63, 3.8) is 0 Å². The van der Waals surface area contributed by atoms with Crippen molar-refractivity contribution in [2.45, 2.75) is 19.6 Å². The summed E-state index contributed by atoms with van der Waals surface area (Å²) in [5, 5.41) is 0. The first-order valence-corrected chi connectivity index (χ1v) is 6.41. The van der Waals surface area contributed by atoms with Gasteiger partial charge in [-0.3, -0.25) is 14.6 Å². The third-order valence-electron chi connectivity index (χ3n) is 3.07. The summed E-state index contributed by atoms with van der Waals surface area (Å²) >= 11 is 0. The number of hydrogen-bond acceptors (Lipinski definition) is 6. The average molecular weight is 284 g/mol. The summed E-state index contributed by atoms with van der Waals surface area (Å²) in [6.45, 7) is 1.48. The van der Waals surface area contributed by atoms with Crippen molar-refractivity contribution in [3.05, 3.63) is 48.0 Å². The monoisotopic (exact) mass is 284 g/mol. The zero-order valence-electron chi connectivity index (χ0n) is 11.3. The first kappa shape index (κ1) is 13.2. The van der Waals surface area contributed by atoms with Crippen LogP contribution in [0.4, 0.5) is 0 Å². The number of ether oxygens (including phenoxy) is 2. The molecule has 6 nitrogen and oxygen atoms in total. The molecule has 0 aliphatic carbocycles. The molecule has 2 heterocycles. The SMILES string of the molecule is CC(=O)c1ccc2c(c1)OC(CC(=O)c1cnccn1)O2. The topological polar surface area (TPSA) is 78.4 Å². The van der Waals surface area contributed by atoms with E-state index in [-0.39, 0.29) is 23.7 Å². The predicted molar refractivity (Wildman–Crippen MR) is 72.5 cm³/mol. The Bertz CT molecular complexity index is 700. The summed E-state index contributed by atoms with van der Waals surface area (Å²) in [4.78, 5) is 31.1. The van der Waals surface area contributed by atoms with E-state index in [0.717, 1.165) is 0 Å². The predicted octanol–water partition coefficient (Wildman–Crippen LogP) is 2.05. The molecule has 1 unspecified atom stereocenters. The Labute approximate surface area is 120 Å². The molecule has 0 saturated carbocycles. The number of rotatable bonds is 4. The molecule has 0 radical (unpaired) electrons. The number of fused-ring (bicyclic) bond motifs is 1. The van der Waals surface area contributed by atoms with Gasteiger partial charge >= 0.3 is 0 Å². The fraction of sp³-hybridized carbons (Fsp3) is 0.200. The van der Waals surface area contributed by atoms with Crippen LogP contribution in [0.3, 0.4) is 0 Å². The van der Waals surface area contributed by atoms with E-state index in [2.05, 4.69) is 9.97 Å². The van der Waals surface area contributed by atoms with E-state index in [4.69, 9.17) is 9.47 Å². The van der Waals surface area contributed by atoms with Crippen LogP contribution in [0.25, 0.3) is 0 Å². The van der Waals surface area contributed by atoms with E-state index in [1.165, 1.54) is 25.5 Å². The van der Waals surface area contributed by atoms with Crippen LogP contribution in [0.15, 0.2) is 36.8 Å². The van der Waals surface area contributed by atoms with Gasteiger partial charge in [0.25, 0.3) is 0 Å². The van der Waals surface area contributed by atoms with Gasteiger partial charge in [-0.05, 0) is 25.1 Å². The fourth-order valence-corrected chi connectivity index (χ4v) is 2.01. The van der Waals surface area contributed by atoms with Gasteiger partial charge in [0.05, 0.1) is 12.6 Å². The molecule has 0 saturated heterocycles. The zero-order chi connectivity index (χ0) is 14.8. The summed E-state index contributed by atoms with van der Waals surface area (Å²) in [6, 6.07) is 4.95. The molecule has 1 atom stereocenters. The van der Waals surface area contributed by atoms with E-state index < -0.39 is 6.29 Å². The van der Waals surface area contributed by atoms with Crippen LogP contribution in [0.2, 0.25) is 0 Å². The van der Waals surface area contributed by atoms with Crippen molar-refractivity contribution in [1.29, 1.82) is 0 Å². The van der Waals surface area contributed by atoms with Gasteiger partial charge in [0.2, 0.25) is 6.29 Å². The highest BCUT2D eigenvalue weighted by molar-refractivity contribution is 5.95. The highest BCUT2D eigenvalue weighted by atomic mass is 16.7. The fourth-order valence-electron chi connectivity index (χ4n) is 2.01. The molecule has 0 spiro atoms. The summed E-state index contributed by atoms with van der Waals surface area (Å²) in [5.74, 6) is 0.727. The summed E-state index contributed by atoms with van der Waals surface area (Å²) in [6.07, 6.45) is 3.67. The van der Waals surface area contributed by atoms with Crippen LogP contribution < -0.4 is 9.47 Å². The Balaban J connectivity index is 1.70. The molecule has 1 aliphatic rings. The maximum absolute atomic E-state index is 12.0. The van der Waals surface area contributed by atoms with Crippen molar-refractivity contribution in [3.8, 4) is 11.5 Å². The Morgan fingerprint density at radius 2 is 2.00 bits per heavy atom. The van der Waals surface area contributed by atoms with Crippen LogP contribution in [0, 0.1) is 0 Å². The van der Waals surface area contributed by atoms with Gasteiger partial charge in [0.1, 0.15) is 5.69 Å². The van der Waals surface area contributed by atoms with Gasteiger partial charge in [0.15, 0.2) is 23.1 Å². The Hall–Kier alpha value is -2.76. The molecular weight excluding hydrogens is 272 g/mol. The minimum absolute atomic E-state index is 0.0305. The maximum atomic E-state index is 12.0. The Kier molecular flexibility index (Phi) is 3.35. The number of nitrogens with zero attached hydrogens (tertiary/aromatic N) is 2. The molecule has 2 aromatic rings. The molecule has 3 rings (SSSR count). The maximum Gasteiger partial charge on any atom is 0.248 e. The van der Waals surface area contributed by atoms with Crippen LogP contribution in [-0.4, -0.2) is 27.8 Å². The lowest BCUT2D eigenvalue weighted by atomic mass is 10.1. The molecule has 0 fully saturated rings. The molecular formula is C15H12N2O4. The number of ketones is 2. The van der Waals surface area contributed by atoms with Gasteiger partial charge in [-0.2, -0.15) is 0 Å². The molecule has 1 aromatic carbocycles. The third-order valence-corrected chi connectivity index (χ3v) is 3.07. The molecule has 0 amide bonds. The van der Waals surface area contributed by atoms with Crippen molar-refractivity contribution in [1.82, 2.24) is 9.97 Å². The number of aromatic nitrogens is 2. The lowest BCUT2D eigenvalue weighted by Gasteiger charge is -2.08. The van der Waals surface area contributed by atoms with Crippen LogP contribution in [0.1, 0.15) is 34.2 Å². The standard InChI is InChI=1S/C15H12N2O4/c1-9(18)10-2-3-13-14(6-10)21-15(20-13)7-12(19)11-8-16-4-5-17-11/h2-6,8,15H,7H2,1H3. The van der Waals surface area contributed by atoms with E-state index in [9.17, 15) is 9.59 Å². The van der Waals surface area contributed by atoms with Gasteiger partial charge in [0, 0.05) is 18.0 Å². The van der Waals surface area contributed by atoms with Crippen molar-refractivity contribution in [2.75, 3.05) is 0 Å². The molecule has 6 heteroatoms. The normalized spacial score (nSPS) is 15.8. The number of benzene rings is 1. The van der Waals surface area contributed by atoms with Crippen LogP contribution in [-0.2, 0) is 0 Å². The third kappa shape index (κ3) is 2.74. The van der Waals surface area contributed by atoms with Crippen molar-refractivity contribution >= 4 is 11.6 Å². The van der Waals surface area contributed by atoms with E-state index in [1.54, 1.807) is 18.2 Å². The number of carbonyl (C=O) groups is 2. The van der Waals surface area contributed by atoms with Crippen LogP contribution >= 0.6 is 0 Å². The molecule has 106 valence electrons. The first-order chi connectivity index (χ1) is 10.1. The number of carbonyl (C=O) groups excluding carboxylic acids is 2. The van der Waals surface area contributed by atoms with Gasteiger partial charge in [-0.15, -0.1) is 0 Å². The molecule has 21 heavy (non-hydrogen) atoms. The van der Waals surface area contributed by atoms with Crippen LogP contribution in [0.5, 0.6) is 11.5 Å². The molecule has 1 aliphatic heterocycles. The zero-order valence-corrected chi connectivity index (χ0v) is 11.3. The summed E-state index contributed by atoms with van der Waals surface area (Å²) in [5.41, 5.74) is 0.809. The van der Waals surface area contributed by atoms with Gasteiger partial charge < -0.3 is 9.47 Å². The largest absolute Gasteiger partial charge is 0.451 e.